The van der Waals surface area contributed by atoms with E-state index in [1.807, 2.05) is 54.6 Å². The molecular formula is C21H20O4S2. The van der Waals surface area contributed by atoms with Crippen LogP contribution in [0.1, 0.15) is 10.4 Å². The third-order valence-electron chi connectivity index (χ3n) is 3.48. The minimum atomic E-state index is -0.911. The Labute approximate surface area is 168 Å². The van der Waals surface area contributed by atoms with Gasteiger partial charge in [0.1, 0.15) is 11.5 Å². The van der Waals surface area contributed by atoms with Crippen LogP contribution in [0, 0.1) is 0 Å². The van der Waals surface area contributed by atoms with Gasteiger partial charge in [0.25, 0.3) is 0 Å². The van der Waals surface area contributed by atoms with Gasteiger partial charge >= 0.3 is 5.97 Å². The van der Waals surface area contributed by atoms with Gasteiger partial charge < -0.3 is 14.6 Å². The Morgan fingerprint density at radius 1 is 0.852 bits per heavy atom. The van der Waals surface area contributed by atoms with Crippen molar-refractivity contribution in [2.24, 2.45) is 0 Å². The van der Waals surface area contributed by atoms with Gasteiger partial charge in [0.15, 0.2) is 0 Å². The van der Waals surface area contributed by atoms with Crippen LogP contribution in [0.25, 0.3) is 0 Å². The van der Waals surface area contributed by atoms with Crippen molar-refractivity contribution in [3.05, 3.63) is 78.4 Å². The Morgan fingerprint density at radius 3 is 1.89 bits per heavy atom. The number of benzene rings is 3. The lowest BCUT2D eigenvalue weighted by Crippen LogP contribution is -1.97. The molecule has 3 rings (SSSR count). The van der Waals surface area contributed by atoms with Crippen molar-refractivity contribution in [3.63, 3.8) is 0 Å². The van der Waals surface area contributed by atoms with Crippen molar-refractivity contribution < 1.29 is 19.4 Å². The van der Waals surface area contributed by atoms with E-state index in [0.717, 1.165) is 26.2 Å². The predicted octanol–water partition coefficient (Wildman–Crippen LogP) is 5.53. The number of carbonyl (C=O) groups is 1. The first-order chi connectivity index (χ1) is 13.0. The Balaban J connectivity index is 0.000000244. The number of thiol groups is 1. The second kappa shape index (κ2) is 10.5. The van der Waals surface area contributed by atoms with Gasteiger partial charge in [0, 0.05) is 14.7 Å². The molecule has 0 aliphatic carbocycles. The van der Waals surface area contributed by atoms with Crippen LogP contribution in [0.3, 0.4) is 0 Å². The van der Waals surface area contributed by atoms with E-state index in [2.05, 4.69) is 12.6 Å². The van der Waals surface area contributed by atoms with E-state index >= 15 is 0 Å². The lowest BCUT2D eigenvalue weighted by molar-refractivity contribution is 0.0693. The van der Waals surface area contributed by atoms with E-state index in [4.69, 9.17) is 14.6 Å². The van der Waals surface area contributed by atoms with Gasteiger partial charge in [0.05, 0.1) is 19.8 Å². The van der Waals surface area contributed by atoms with Crippen LogP contribution >= 0.6 is 24.4 Å². The van der Waals surface area contributed by atoms with Gasteiger partial charge in [-0.25, -0.2) is 4.79 Å². The normalized spacial score (nSPS) is 9.74. The summed E-state index contributed by atoms with van der Waals surface area (Å²) in [4.78, 5) is 13.7. The van der Waals surface area contributed by atoms with E-state index in [-0.39, 0.29) is 0 Å². The van der Waals surface area contributed by atoms with Gasteiger partial charge in [-0.05, 0) is 60.7 Å². The molecule has 0 aliphatic rings. The number of hydrogen-bond acceptors (Lipinski definition) is 5. The summed E-state index contributed by atoms with van der Waals surface area (Å²) in [7, 11) is 3.26. The van der Waals surface area contributed by atoms with Gasteiger partial charge in [-0.3, -0.25) is 0 Å². The average Bonchev–Trinajstić information content (AvgIpc) is 2.70. The molecule has 0 bridgehead atoms. The van der Waals surface area contributed by atoms with Crippen LogP contribution in [0.4, 0.5) is 0 Å². The first-order valence-corrected chi connectivity index (χ1v) is 9.27. The topological polar surface area (TPSA) is 55.8 Å². The number of methoxy groups -OCH3 is 2. The second-order valence-electron chi connectivity index (χ2n) is 5.28. The molecule has 0 spiro atoms. The molecular weight excluding hydrogens is 380 g/mol. The minimum Gasteiger partial charge on any atom is -0.497 e. The van der Waals surface area contributed by atoms with Crippen LogP contribution in [-0.2, 0) is 0 Å². The van der Waals surface area contributed by atoms with Gasteiger partial charge in [-0.15, -0.1) is 12.6 Å². The molecule has 0 saturated heterocycles. The summed E-state index contributed by atoms with van der Waals surface area (Å²) < 4.78 is 10.0. The molecule has 0 aromatic heterocycles. The fourth-order valence-corrected chi connectivity index (χ4v) is 3.17. The maximum atomic E-state index is 11.1. The highest BCUT2D eigenvalue weighted by Crippen LogP contribution is 2.31. The summed E-state index contributed by atoms with van der Waals surface area (Å²) in [6, 6.07) is 22.0. The Hall–Kier alpha value is -2.57. The number of carboxylic acid groups (broad SMARTS) is 1. The Kier molecular flexibility index (Phi) is 8.10. The lowest BCUT2D eigenvalue weighted by atomic mass is 10.2. The van der Waals surface area contributed by atoms with Crippen molar-refractivity contribution >= 4 is 30.4 Å². The standard InChI is InChI=1S/C14H12O3S.C7H8OS/c1-17-10-6-8-11(9-7-10)18-13-5-3-2-4-12(13)14(15)16;1-8-6-2-4-7(9)5-3-6/h2-9H,1H3,(H,15,16);2-5,9H,1H3. The fourth-order valence-electron chi connectivity index (χ4n) is 2.09. The molecule has 0 unspecified atom stereocenters. The molecule has 3 aromatic carbocycles. The molecule has 0 saturated carbocycles. The summed E-state index contributed by atoms with van der Waals surface area (Å²) in [6.45, 7) is 0. The predicted molar refractivity (Wildman–Crippen MR) is 111 cm³/mol. The van der Waals surface area contributed by atoms with Crippen LogP contribution < -0.4 is 9.47 Å². The maximum absolute atomic E-state index is 11.1. The SMILES string of the molecule is COc1ccc(S)cc1.COc1ccc(Sc2ccccc2C(=O)O)cc1. The van der Waals surface area contributed by atoms with Crippen LogP contribution in [0.15, 0.2) is 87.5 Å². The van der Waals surface area contributed by atoms with Crippen LogP contribution in [-0.4, -0.2) is 25.3 Å². The Bertz CT molecular complexity index is 862. The number of hydrogen-bond donors (Lipinski definition) is 2. The minimum absolute atomic E-state index is 0.318. The van der Waals surface area contributed by atoms with Crippen molar-refractivity contribution in [1.82, 2.24) is 0 Å². The smallest absolute Gasteiger partial charge is 0.336 e. The summed E-state index contributed by atoms with van der Waals surface area (Å²) in [5.41, 5.74) is 0.318. The van der Waals surface area contributed by atoms with Gasteiger partial charge in [-0.2, -0.15) is 0 Å². The maximum Gasteiger partial charge on any atom is 0.336 e. The first-order valence-electron chi connectivity index (χ1n) is 8.00. The van der Waals surface area contributed by atoms with E-state index in [0.29, 0.717) is 5.56 Å². The number of aromatic carboxylic acids is 1. The molecule has 1 N–H and O–H groups in total. The Morgan fingerprint density at radius 2 is 1.37 bits per heavy atom. The highest BCUT2D eigenvalue weighted by molar-refractivity contribution is 7.99. The van der Waals surface area contributed by atoms with Gasteiger partial charge in [0.2, 0.25) is 0 Å². The summed E-state index contributed by atoms with van der Waals surface area (Å²) >= 11 is 5.54. The van der Waals surface area contributed by atoms with Gasteiger partial charge in [-0.1, -0.05) is 23.9 Å². The quantitative estimate of drug-likeness (QED) is 0.552. The molecule has 0 heterocycles. The zero-order valence-electron chi connectivity index (χ0n) is 15.0. The molecule has 0 atom stereocenters. The molecule has 140 valence electrons. The number of carboxylic acids is 1. The summed E-state index contributed by atoms with van der Waals surface area (Å²) in [5.74, 6) is 0.741. The first kappa shape index (κ1) is 20.7. The van der Waals surface area contributed by atoms with Crippen LogP contribution in [0.5, 0.6) is 11.5 Å². The summed E-state index contributed by atoms with van der Waals surface area (Å²) in [5, 5.41) is 9.09. The largest absolute Gasteiger partial charge is 0.497 e. The molecule has 0 radical (unpaired) electrons. The second-order valence-corrected chi connectivity index (χ2v) is 6.91. The van der Waals surface area contributed by atoms with Crippen LogP contribution in [0.2, 0.25) is 0 Å². The zero-order chi connectivity index (χ0) is 19.6. The van der Waals surface area contributed by atoms with E-state index in [9.17, 15) is 4.79 Å². The van der Waals surface area contributed by atoms with E-state index in [1.165, 1.54) is 11.8 Å². The molecule has 0 aliphatic heterocycles. The summed E-state index contributed by atoms with van der Waals surface area (Å²) in [6.07, 6.45) is 0. The molecule has 3 aromatic rings. The number of rotatable bonds is 5. The molecule has 27 heavy (non-hydrogen) atoms. The molecule has 0 fully saturated rings. The highest BCUT2D eigenvalue weighted by atomic mass is 32.2. The third kappa shape index (κ3) is 6.58. The van der Waals surface area contributed by atoms with E-state index < -0.39 is 5.97 Å². The molecule has 6 heteroatoms. The highest BCUT2D eigenvalue weighted by Gasteiger charge is 2.09. The lowest BCUT2D eigenvalue weighted by Gasteiger charge is -2.06. The third-order valence-corrected chi connectivity index (χ3v) is 4.86. The van der Waals surface area contributed by atoms with Crippen molar-refractivity contribution in [1.29, 1.82) is 0 Å². The van der Waals surface area contributed by atoms with Crippen molar-refractivity contribution in [2.45, 2.75) is 14.7 Å². The molecule has 4 nitrogen and oxygen atoms in total. The fraction of sp³-hybridized carbons (Fsp3) is 0.0952. The molecule has 0 amide bonds. The zero-order valence-corrected chi connectivity index (χ0v) is 16.7. The number of ether oxygens (including phenoxy) is 2. The van der Waals surface area contributed by atoms with E-state index in [1.54, 1.807) is 32.4 Å². The average molecular weight is 401 g/mol. The monoisotopic (exact) mass is 400 g/mol. The van der Waals surface area contributed by atoms with Crippen molar-refractivity contribution in [2.75, 3.05) is 14.2 Å². The van der Waals surface area contributed by atoms with Crippen molar-refractivity contribution in [3.8, 4) is 11.5 Å².